The molecule has 1 fully saturated rings. The molecule has 0 saturated carbocycles. The maximum absolute atomic E-state index is 14.5. The molecule has 3 heterocycles. The minimum atomic E-state index is -2.75. The van der Waals surface area contributed by atoms with Gasteiger partial charge in [0.05, 0.1) is 18.3 Å². The van der Waals surface area contributed by atoms with Gasteiger partial charge in [-0.05, 0) is 30.5 Å². The second-order valence-electron chi connectivity index (χ2n) is 8.57. The van der Waals surface area contributed by atoms with Gasteiger partial charge in [0.25, 0.3) is 5.92 Å². The van der Waals surface area contributed by atoms with E-state index in [2.05, 4.69) is 25.6 Å². The molecule has 1 aliphatic rings. The smallest absolute Gasteiger partial charge is 0.316 e. The summed E-state index contributed by atoms with van der Waals surface area (Å²) < 4.78 is 36.1. The van der Waals surface area contributed by atoms with Gasteiger partial charge in [-0.2, -0.15) is 4.98 Å². The maximum Gasteiger partial charge on any atom is 0.316 e. The fourth-order valence-corrected chi connectivity index (χ4v) is 4.46. The predicted molar refractivity (Wildman–Crippen MR) is 130 cm³/mol. The van der Waals surface area contributed by atoms with Gasteiger partial charge in [0.15, 0.2) is 5.82 Å². The lowest BCUT2D eigenvalue weighted by Gasteiger charge is -2.36. The van der Waals surface area contributed by atoms with Crippen LogP contribution >= 0.6 is 23.2 Å². The number of aromatic amines is 1. The third-order valence-electron chi connectivity index (χ3n) is 6.13. The molecule has 9 nitrogen and oxygen atoms in total. The molecule has 3 aromatic rings. The third-order valence-corrected chi connectivity index (χ3v) is 6.59. The molecule has 2 aromatic heterocycles. The SMILES string of the molecule is C[C@@H]1CNC[C@H](CCCOc2cc(Nc3nc(Cl)ncc3Cl)cc3[nH]c(=O)c(=O)n(C)c23)C1(F)F. The van der Waals surface area contributed by atoms with E-state index in [1.165, 1.54) is 17.8 Å². The molecule has 188 valence electrons. The first-order valence-electron chi connectivity index (χ1n) is 11.0. The molecule has 35 heavy (non-hydrogen) atoms. The standard InChI is InChI=1S/C22H24Cl2F2N6O3/c1-11-8-27-9-12(22(11,25)26)4-3-5-35-16-7-13(29-18-14(23)10-28-21(24)31-18)6-15-17(16)32(2)20(34)19(33)30-15/h6-7,10-12,27H,3-5,8-9H2,1-2H3,(H,30,33)(H,28,29,31)/t11-,12+/m1/s1. The summed E-state index contributed by atoms with van der Waals surface area (Å²) >= 11 is 12.0. The first kappa shape index (κ1) is 25.3. The zero-order valence-electron chi connectivity index (χ0n) is 19.0. The number of H-pyrrole nitrogens is 1. The molecular formula is C22H24Cl2F2N6O3. The van der Waals surface area contributed by atoms with Gasteiger partial charge in [-0.25, -0.2) is 13.8 Å². The van der Waals surface area contributed by atoms with Gasteiger partial charge in [-0.3, -0.25) is 9.59 Å². The van der Waals surface area contributed by atoms with Crippen LogP contribution in [0.15, 0.2) is 27.9 Å². The Morgan fingerprint density at radius 2 is 2.06 bits per heavy atom. The first-order chi connectivity index (χ1) is 16.6. The Morgan fingerprint density at radius 1 is 1.29 bits per heavy atom. The van der Waals surface area contributed by atoms with Gasteiger partial charge >= 0.3 is 11.1 Å². The average Bonchev–Trinajstić information content (AvgIpc) is 2.80. The van der Waals surface area contributed by atoms with Crippen molar-refractivity contribution in [3.63, 3.8) is 0 Å². The quantitative estimate of drug-likeness (QED) is 0.243. The van der Waals surface area contributed by atoms with Crippen LogP contribution in [0, 0.1) is 11.8 Å². The first-order valence-corrected chi connectivity index (χ1v) is 11.8. The number of rotatable bonds is 7. The van der Waals surface area contributed by atoms with Gasteiger partial charge in [-0.15, -0.1) is 0 Å². The van der Waals surface area contributed by atoms with Crippen molar-refractivity contribution >= 4 is 45.7 Å². The van der Waals surface area contributed by atoms with Gasteiger partial charge < -0.3 is 24.9 Å². The van der Waals surface area contributed by atoms with Crippen LogP contribution in [-0.2, 0) is 7.05 Å². The molecule has 1 aliphatic heterocycles. The number of piperidine rings is 1. The zero-order valence-corrected chi connectivity index (χ0v) is 20.5. The molecule has 0 unspecified atom stereocenters. The highest BCUT2D eigenvalue weighted by atomic mass is 35.5. The molecule has 1 aromatic carbocycles. The van der Waals surface area contributed by atoms with E-state index in [0.29, 0.717) is 29.7 Å². The minimum Gasteiger partial charge on any atom is -0.491 e. The highest BCUT2D eigenvalue weighted by Gasteiger charge is 2.46. The summed E-state index contributed by atoms with van der Waals surface area (Å²) in [5, 5.41) is 6.23. The van der Waals surface area contributed by atoms with Gasteiger partial charge in [0.2, 0.25) is 5.28 Å². The number of benzene rings is 1. The summed E-state index contributed by atoms with van der Waals surface area (Å²) in [6.07, 6.45) is 1.98. The second-order valence-corrected chi connectivity index (χ2v) is 9.32. The summed E-state index contributed by atoms with van der Waals surface area (Å²) in [6.45, 7) is 2.21. The molecule has 0 amide bonds. The van der Waals surface area contributed by atoms with E-state index < -0.39 is 28.9 Å². The van der Waals surface area contributed by atoms with Crippen molar-refractivity contribution in [1.82, 2.24) is 24.8 Å². The van der Waals surface area contributed by atoms with Gasteiger partial charge in [0, 0.05) is 43.7 Å². The summed E-state index contributed by atoms with van der Waals surface area (Å²) in [5.74, 6) is -3.76. The van der Waals surface area contributed by atoms with Crippen molar-refractivity contribution in [1.29, 1.82) is 0 Å². The molecule has 0 aliphatic carbocycles. The highest BCUT2D eigenvalue weighted by molar-refractivity contribution is 6.33. The van der Waals surface area contributed by atoms with Crippen molar-refractivity contribution in [2.24, 2.45) is 18.9 Å². The van der Waals surface area contributed by atoms with Crippen molar-refractivity contribution in [3.8, 4) is 5.75 Å². The van der Waals surface area contributed by atoms with Crippen molar-refractivity contribution < 1.29 is 13.5 Å². The Bertz CT molecular complexity index is 1360. The molecule has 4 rings (SSSR count). The summed E-state index contributed by atoms with van der Waals surface area (Å²) in [4.78, 5) is 34.7. The number of nitrogens with zero attached hydrogens (tertiary/aromatic N) is 3. The van der Waals surface area contributed by atoms with Crippen LogP contribution in [0.4, 0.5) is 20.3 Å². The molecule has 0 spiro atoms. The van der Waals surface area contributed by atoms with Crippen molar-refractivity contribution in [3.05, 3.63) is 49.3 Å². The molecule has 13 heteroatoms. The van der Waals surface area contributed by atoms with E-state index in [0.717, 1.165) is 0 Å². The number of fused-ring (bicyclic) bond motifs is 1. The Morgan fingerprint density at radius 3 is 2.83 bits per heavy atom. The molecule has 0 bridgehead atoms. The van der Waals surface area contributed by atoms with Crippen LogP contribution in [0.2, 0.25) is 10.3 Å². The maximum atomic E-state index is 14.5. The van der Waals surface area contributed by atoms with Crippen LogP contribution in [-0.4, -0.2) is 45.1 Å². The number of aromatic nitrogens is 4. The normalized spacial score (nSPS) is 19.6. The van der Waals surface area contributed by atoms with Crippen LogP contribution < -0.4 is 26.5 Å². The minimum absolute atomic E-state index is 0.0201. The fourth-order valence-electron chi connectivity index (χ4n) is 4.19. The largest absolute Gasteiger partial charge is 0.491 e. The molecule has 2 atom stereocenters. The van der Waals surface area contributed by atoms with Crippen LogP contribution in [0.5, 0.6) is 5.75 Å². The van der Waals surface area contributed by atoms with E-state index in [1.54, 1.807) is 19.1 Å². The highest BCUT2D eigenvalue weighted by Crippen LogP contribution is 2.37. The number of nitrogens with one attached hydrogen (secondary N) is 3. The number of hydrogen-bond acceptors (Lipinski definition) is 7. The van der Waals surface area contributed by atoms with E-state index in [1.807, 2.05) is 0 Å². The van der Waals surface area contributed by atoms with E-state index >= 15 is 0 Å². The molecule has 1 saturated heterocycles. The third kappa shape index (κ3) is 5.26. The molecule has 3 N–H and O–H groups in total. The summed E-state index contributed by atoms with van der Waals surface area (Å²) in [6, 6.07) is 3.19. The number of ether oxygens (including phenoxy) is 1. The number of anilines is 2. The Kier molecular flexibility index (Phi) is 7.30. The summed E-state index contributed by atoms with van der Waals surface area (Å²) in [7, 11) is 1.45. The monoisotopic (exact) mass is 528 g/mol. The lowest BCUT2D eigenvalue weighted by molar-refractivity contribution is -0.120. The van der Waals surface area contributed by atoms with Crippen molar-refractivity contribution in [2.75, 3.05) is 25.0 Å². The lowest BCUT2D eigenvalue weighted by Crippen LogP contribution is -2.50. The lowest BCUT2D eigenvalue weighted by atomic mass is 9.84. The topological polar surface area (TPSA) is 114 Å². The molecular weight excluding hydrogens is 505 g/mol. The average molecular weight is 529 g/mol. The Labute approximate surface area is 208 Å². The van der Waals surface area contributed by atoms with E-state index in [9.17, 15) is 18.4 Å². The van der Waals surface area contributed by atoms with E-state index in [-0.39, 0.29) is 41.4 Å². The molecule has 0 radical (unpaired) electrons. The van der Waals surface area contributed by atoms with Crippen LogP contribution in [0.3, 0.4) is 0 Å². The van der Waals surface area contributed by atoms with E-state index in [4.69, 9.17) is 27.9 Å². The number of aryl methyl sites for hydroxylation is 1. The fraction of sp³-hybridized carbons (Fsp3) is 0.455. The zero-order chi connectivity index (χ0) is 25.3. The second kappa shape index (κ2) is 10.1. The van der Waals surface area contributed by atoms with Gasteiger partial charge in [-0.1, -0.05) is 18.5 Å². The Hall–Kier alpha value is -2.76. The number of hydrogen-bond donors (Lipinski definition) is 3. The van der Waals surface area contributed by atoms with Crippen LogP contribution in [0.25, 0.3) is 11.0 Å². The van der Waals surface area contributed by atoms with Crippen molar-refractivity contribution in [2.45, 2.75) is 25.7 Å². The predicted octanol–water partition coefficient (Wildman–Crippen LogP) is 3.72. The number of halogens is 4. The van der Waals surface area contributed by atoms with Gasteiger partial charge in [0.1, 0.15) is 16.3 Å². The Balaban J connectivity index is 1.60. The van der Waals surface area contributed by atoms with Crippen LogP contribution in [0.1, 0.15) is 19.8 Å². The number of alkyl halides is 2. The summed E-state index contributed by atoms with van der Waals surface area (Å²) in [5.41, 5.74) is -0.436.